The fourth-order valence-electron chi connectivity index (χ4n) is 3.94. The summed E-state index contributed by atoms with van der Waals surface area (Å²) >= 11 is 0. The van der Waals surface area contributed by atoms with Crippen molar-refractivity contribution >= 4 is 11.9 Å². The summed E-state index contributed by atoms with van der Waals surface area (Å²) in [4.78, 5) is 25.2. The number of nitrogens with one attached hydrogen (secondary N) is 1. The smallest absolute Gasteiger partial charge is 0.306 e. The topological polar surface area (TPSA) is 69.6 Å². The average Bonchev–Trinajstić information content (AvgIpc) is 2.80. The molecule has 1 amide bonds. The van der Waals surface area contributed by atoms with E-state index in [0.29, 0.717) is 25.0 Å². The molecule has 5 heteroatoms. The van der Waals surface area contributed by atoms with Gasteiger partial charge in [-0.25, -0.2) is 0 Å². The zero-order chi connectivity index (χ0) is 14.3. The summed E-state index contributed by atoms with van der Waals surface area (Å²) in [7, 11) is 0. The highest BCUT2D eigenvalue weighted by atomic mass is 16.4. The average molecular weight is 280 g/mol. The van der Waals surface area contributed by atoms with Gasteiger partial charge in [0.15, 0.2) is 0 Å². The van der Waals surface area contributed by atoms with E-state index in [1.54, 1.807) is 6.92 Å². The number of hydrogen-bond acceptors (Lipinski definition) is 3. The van der Waals surface area contributed by atoms with E-state index in [0.717, 1.165) is 6.42 Å². The number of nitrogens with zero attached hydrogens (tertiary/aromatic N) is 1. The zero-order valence-electron chi connectivity index (χ0n) is 12.0. The molecule has 0 spiro atoms. The molecule has 3 fully saturated rings. The van der Waals surface area contributed by atoms with Gasteiger partial charge in [-0.3, -0.25) is 9.59 Å². The first kappa shape index (κ1) is 13.9. The van der Waals surface area contributed by atoms with Crippen molar-refractivity contribution in [2.75, 3.05) is 13.1 Å². The molecule has 112 valence electrons. The maximum absolute atomic E-state index is 12.4. The van der Waals surface area contributed by atoms with Crippen molar-refractivity contribution in [1.29, 1.82) is 0 Å². The molecule has 0 aromatic heterocycles. The number of carboxylic acids is 1. The highest BCUT2D eigenvalue weighted by Crippen LogP contribution is 2.34. The van der Waals surface area contributed by atoms with Crippen LogP contribution < -0.4 is 5.32 Å². The van der Waals surface area contributed by atoms with Crippen molar-refractivity contribution in [3.8, 4) is 0 Å². The van der Waals surface area contributed by atoms with Crippen molar-refractivity contribution in [1.82, 2.24) is 10.2 Å². The molecule has 2 saturated heterocycles. The standard InChI is InChI=1S/C15H24N2O3/c1-9(15(19)20)11-7-17(8-11)14(18)13-6-10-4-2-3-5-12(10)16-13/h9-13,16H,2-8H2,1H3,(H,19,20). The minimum atomic E-state index is -0.757. The Kier molecular flexibility index (Phi) is 3.71. The van der Waals surface area contributed by atoms with Crippen LogP contribution in [0.1, 0.15) is 39.0 Å². The van der Waals surface area contributed by atoms with Gasteiger partial charge in [-0.15, -0.1) is 0 Å². The molecule has 3 rings (SSSR count). The first-order valence-electron chi connectivity index (χ1n) is 7.84. The van der Waals surface area contributed by atoms with Gasteiger partial charge in [0.05, 0.1) is 12.0 Å². The van der Waals surface area contributed by atoms with E-state index in [2.05, 4.69) is 5.32 Å². The van der Waals surface area contributed by atoms with Crippen LogP contribution in [0.3, 0.4) is 0 Å². The second kappa shape index (κ2) is 5.35. The number of carboxylic acid groups (broad SMARTS) is 1. The molecule has 1 aliphatic carbocycles. The van der Waals surface area contributed by atoms with Gasteiger partial charge in [0, 0.05) is 25.0 Å². The summed E-state index contributed by atoms with van der Waals surface area (Å²) in [5.41, 5.74) is 0. The van der Waals surface area contributed by atoms with E-state index in [9.17, 15) is 9.59 Å². The summed E-state index contributed by atoms with van der Waals surface area (Å²) in [6.45, 7) is 2.96. The number of rotatable bonds is 3. The first-order chi connectivity index (χ1) is 9.56. The highest BCUT2D eigenvalue weighted by molar-refractivity contribution is 5.83. The maximum Gasteiger partial charge on any atom is 0.306 e. The summed E-state index contributed by atoms with van der Waals surface area (Å²) < 4.78 is 0. The summed E-state index contributed by atoms with van der Waals surface area (Å²) in [5, 5.41) is 12.5. The normalized spacial score (nSPS) is 35.2. The molecule has 2 N–H and O–H groups in total. The van der Waals surface area contributed by atoms with Crippen LogP contribution in [0, 0.1) is 17.8 Å². The van der Waals surface area contributed by atoms with E-state index in [-0.39, 0.29) is 23.8 Å². The van der Waals surface area contributed by atoms with Crippen LogP contribution in [0.5, 0.6) is 0 Å². The van der Waals surface area contributed by atoms with Crippen molar-refractivity contribution in [2.45, 2.75) is 51.1 Å². The minimum Gasteiger partial charge on any atom is -0.481 e. The van der Waals surface area contributed by atoms with E-state index in [4.69, 9.17) is 5.11 Å². The fraction of sp³-hybridized carbons (Fsp3) is 0.867. The highest BCUT2D eigenvalue weighted by Gasteiger charge is 2.43. The molecule has 0 aromatic carbocycles. The van der Waals surface area contributed by atoms with Gasteiger partial charge in [0.2, 0.25) is 5.91 Å². The first-order valence-corrected chi connectivity index (χ1v) is 7.84. The van der Waals surface area contributed by atoms with Gasteiger partial charge in [-0.2, -0.15) is 0 Å². The van der Waals surface area contributed by atoms with Crippen LogP contribution in [-0.4, -0.2) is 47.1 Å². The monoisotopic (exact) mass is 280 g/mol. The Bertz CT molecular complexity index is 392. The van der Waals surface area contributed by atoms with Crippen molar-refractivity contribution in [3.05, 3.63) is 0 Å². The van der Waals surface area contributed by atoms with Crippen LogP contribution in [0.15, 0.2) is 0 Å². The molecule has 20 heavy (non-hydrogen) atoms. The number of carbonyl (C=O) groups is 2. The lowest BCUT2D eigenvalue weighted by Crippen LogP contribution is -2.57. The van der Waals surface area contributed by atoms with Crippen LogP contribution in [-0.2, 0) is 9.59 Å². The fourth-order valence-corrected chi connectivity index (χ4v) is 3.94. The molecule has 5 nitrogen and oxygen atoms in total. The lowest BCUT2D eigenvalue weighted by molar-refractivity contribution is -0.151. The lowest BCUT2D eigenvalue weighted by atomic mass is 9.84. The number of hydrogen-bond donors (Lipinski definition) is 2. The summed E-state index contributed by atoms with van der Waals surface area (Å²) in [6.07, 6.45) is 6.00. The Labute approximate surface area is 119 Å². The zero-order valence-corrected chi connectivity index (χ0v) is 12.0. The Morgan fingerprint density at radius 2 is 1.95 bits per heavy atom. The molecular formula is C15H24N2O3. The van der Waals surface area contributed by atoms with E-state index >= 15 is 0 Å². The van der Waals surface area contributed by atoms with Gasteiger partial charge in [0.25, 0.3) is 0 Å². The minimum absolute atomic E-state index is 0.0239. The van der Waals surface area contributed by atoms with E-state index in [1.807, 2.05) is 4.90 Å². The lowest BCUT2D eigenvalue weighted by Gasteiger charge is -2.42. The molecule has 1 saturated carbocycles. The molecule has 2 heterocycles. The van der Waals surface area contributed by atoms with Crippen LogP contribution >= 0.6 is 0 Å². The van der Waals surface area contributed by atoms with Gasteiger partial charge < -0.3 is 15.3 Å². The Balaban J connectivity index is 1.50. The summed E-state index contributed by atoms with van der Waals surface area (Å²) in [5.74, 6) is -0.119. The molecule has 4 unspecified atom stereocenters. The molecule has 0 radical (unpaired) electrons. The predicted molar refractivity (Wildman–Crippen MR) is 74.2 cm³/mol. The van der Waals surface area contributed by atoms with Gasteiger partial charge in [-0.05, 0) is 25.2 Å². The third-order valence-corrected chi connectivity index (χ3v) is 5.48. The predicted octanol–water partition coefficient (Wildman–Crippen LogP) is 1.09. The number of amides is 1. The molecule has 4 atom stereocenters. The largest absolute Gasteiger partial charge is 0.481 e. The van der Waals surface area contributed by atoms with E-state index < -0.39 is 5.97 Å². The third-order valence-electron chi connectivity index (χ3n) is 5.48. The molecule has 0 aromatic rings. The van der Waals surface area contributed by atoms with E-state index in [1.165, 1.54) is 25.7 Å². The summed E-state index contributed by atoms with van der Waals surface area (Å²) in [6, 6.07) is 0.511. The SMILES string of the molecule is CC(C(=O)O)C1CN(C(=O)C2CC3CCCCC3N2)C1. The molecule has 2 aliphatic heterocycles. The number of carbonyl (C=O) groups excluding carboxylic acids is 1. The van der Waals surface area contributed by atoms with Crippen molar-refractivity contribution < 1.29 is 14.7 Å². The maximum atomic E-state index is 12.4. The van der Waals surface area contributed by atoms with Gasteiger partial charge in [-0.1, -0.05) is 19.8 Å². The van der Waals surface area contributed by atoms with Crippen LogP contribution in [0.4, 0.5) is 0 Å². The van der Waals surface area contributed by atoms with Crippen molar-refractivity contribution in [2.24, 2.45) is 17.8 Å². The molecule has 0 bridgehead atoms. The number of fused-ring (bicyclic) bond motifs is 1. The molecular weight excluding hydrogens is 256 g/mol. The second-order valence-corrected chi connectivity index (χ2v) is 6.74. The number of aliphatic carboxylic acids is 1. The second-order valence-electron chi connectivity index (χ2n) is 6.74. The Hall–Kier alpha value is -1.10. The Morgan fingerprint density at radius 1 is 1.25 bits per heavy atom. The Morgan fingerprint density at radius 3 is 2.60 bits per heavy atom. The number of likely N-dealkylation sites (tertiary alicyclic amines) is 1. The van der Waals surface area contributed by atoms with Gasteiger partial charge >= 0.3 is 5.97 Å². The van der Waals surface area contributed by atoms with Crippen molar-refractivity contribution in [3.63, 3.8) is 0 Å². The van der Waals surface area contributed by atoms with Crippen LogP contribution in [0.2, 0.25) is 0 Å². The quantitative estimate of drug-likeness (QED) is 0.812. The molecule has 3 aliphatic rings. The third kappa shape index (κ3) is 2.43. The van der Waals surface area contributed by atoms with Gasteiger partial charge in [0.1, 0.15) is 0 Å². The van der Waals surface area contributed by atoms with Crippen LogP contribution in [0.25, 0.3) is 0 Å².